The number of aromatic nitrogens is 2. The van der Waals surface area contributed by atoms with Gasteiger partial charge in [-0.2, -0.15) is 5.26 Å². The third kappa shape index (κ3) is 2.44. The molecule has 0 atom stereocenters. The van der Waals surface area contributed by atoms with Crippen molar-refractivity contribution in [1.29, 1.82) is 5.26 Å². The Kier molecular flexibility index (Phi) is 3.30. The maximum Gasteiger partial charge on any atom is 0.272 e. The van der Waals surface area contributed by atoms with E-state index in [1.807, 2.05) is 6.07 Å². The van der Waals surface area contributed by atoms with Gasteiger partial charge in [0.05, 0.1) is 10.8 Å². The first-order valence-electron chi connectivity index (χ1n) is 6.15. The Morgan fingerprint density at radius 1 is 1.14 bits per heavy atom. The summed E-state index contributed by atoms with van der Waals surface area (Å²) < 4.78 is 0. The molecule has 3 rings (SSSR count). The van der Waals surface area contributed by atoms with Crippen molar-refractivity contribution in [3.63, 3.8) is 0 Å². The topological polar surface area (TPSA) is 102 Å². The van der Waals surface area contributed by atoms with Crippen molar-refractivity contribution in [1.82, 2.24) is 10.2 Å². The number of thiophene rings is 1. The van der Waals surface area contributed by atoms with Crippen LogP contribution in [0.4, 0.5) is 5.69 Å². The molecule has 0 aliphatic heterocycles. The molecule has 3 aromatic rings. The second-order valence-corrected chi connectivity index (χ2v) is 5.54. The Hall–Kier alpha value is -2.85. The summed E-state index contributed by atoms with van der Waals surface area (Å²) in [6.07, 6.45) is 0. The largest absolute Gasteiger partial charge is 0.379 e. The van der Waals surface area contributed by atoms with Crippen LogP contribution in [-0.4, -0.2) is 10.2 Å². The molecule has 21 heavy (non-hydrogen) atoms. The van der Waals surface area contributed by atoms with Crippen LogP contribution < -0.4 is 16.4 Å². The highest BCUT2D eigenvalue weighted by molar-refractivity contribution is 7.12. The minimum atomic E-state index is -0.350. The maximum atomic E-state index is 11.9. The van der Waals surface area contributed by atoms with Gasteiger partial charge < -0.3 is 5.32 Å². The van der Waals surface area contributed by atoms with E-state index < -0.39 is 0 Å². The summed E-state index contributed by atoms with van der Waals surface area (Å²) in [7, 11) is 0. The van der Waals surface area contributed by atoms with E-state index in [1.54, 1.807) is 24.3 Å². The van der Waals surface area contributed by atoms with Crippen LogP contribution in [0.3, 0.4) is 0 Å². The van der Waals surface area contributed by atoms with Crippen molar-refractivity contribution in [2.75, 3.05) is 5.32 Å². The van der Waals surface area contributed by atoms with Crippen LogP contribution in [0.15, 0.2) is 39.9 Å². The van der Waals surface area contributed by atoms with Crippen molar-refractivity contribution in [2.24, 2.45) is 0 Å². The summed E-state index contributed by atoms with van der Waals surface area (Å²) in [5.41, 5.74) is -0.0977. The number of aromatic amines is 2. The lowest BCUT2D eigenvalue weighted by atomic mass is 10.1. The molecule has 0 spiro atoms. The molecule has 0 radical (unpaired) electrons. The highest BCUT2D eigenvalue weighted by Crippen LogP contribution is 2.20. The molecule has 6 nitrogen and oxygen atoms in total. The van der Waals surface area contributed by atoms with Crippen LogP contribution in [0.25, 0.3) is 10.8 Å². The molecule has 0 saturated heterocycles. The Labute approximate surface area is 122 Å². The average molecular weight is 298 g/mol. The summed E-state index contributed by atoms with van der Waals surface area (Å²) in [5, 5.41) is 17.2. The molecule has 7 heteroatoms. The van der Waals surface area contributed by atoms with Gasteiger partial charge in [-0.1, -0.05) is 6.07 Å². The van der Waals surface area contributed by atoms with E-state index in [9.17, 15) is 9.59 Å². The predicted molar refractivity (Wildman–Crippen MR) is 81.6 cm³/mol. The number of nitrogens with zero attached hydrogens (tertiary/aromatic N) is 1. The SMILES string of the molecule is N#Cc1ccc(CNc2cccc3c(=O)[nH][nH]c(=O)c23)s1. The molecular weight excluding hydrogens is 288 g/mol. The molecule has 3 N–H and O–H groups in total. The van der Waals surface area contributed by atoms with Crippen molar-refractivity contribution in [3.8, 4) is 6.07 Å². The minimum absolute atomic E-state index is 0.332. The number of benzene rings is 1. The number of hydrogen-bond donors (Lipinski definition) is 3. The van der Waals surface area contributed by atoms with Gasteiger partial charge in [-0.15, -0.1) is 11.3 Å². The van der Waals surface area contributed by atoms with E-state index in [4.69, 9.17) is 5.26 Å². The number of H-pyrrole nitrogens is 2. The highest BCUT2D eigenvalue weighted by atomic mass is 32.1. The molecular formula is C14H10N4O2S. The van der Waals surface area contributed by atoms with E-state index in [-0.39, 0.29) is 11.1 Å². The lowest BCUT2D eigenvalue weighted by molar-refractivity contribution is 0.976. The van der Waals surface area contributed by atoms with E-state index in [2.05, 4.69) is 21.6 Å². The zero-order valence-corrected chi connectivity index (χ0v) is 11.6. The fourth-order valence-electron chi connectivity index (χ4n) is 2.09. The average Bonchev–Trinajstić information content (AvgIpc) is 2.97. The molecule has 2 aromatic heterocycles. The first-order chi connectivity index (χ1) is 10.2. The summed E-state index contributed by atoms with van der Waals surface area (Å²) in [4.78, 5) is 25.2. The van der Waals surface area contributed by atoms with Crippen molar-refractivity contribution in [3.05, 3.63) is 60.8 Å². The minimum Gasteiger partial charge on any atom is -0.379 e. The highest BCUT2D eigenvalue weighted by Gasteiger charge is 2.08. The Bertz CT molecular complexity index is 961. The molecule has 2 heterocycles. The second kappa shape index (κ2) is 5.26. The van der Waals surface area contributed by atoms with Crippen LogP contribution in [0.2, 0.25) is 0 Å². The quantitative estimate of drug-likeness (QED) is 0.685. The van der Waals surface area contributed by atoms with Crippen LogP contribution in [-0.2, 0) is 6.54 Å². The van der Waals surface area contributed by atoms with Gasteiger partial charge in [-0.25, -0.2) is 0 Å². The molecule has 0 aliphatic rings. The molecule has 104 valence electrons. The molecule has 0 saturated carbocycles. The smallest absolute Gasteiger partial charge is 0.272 e. The van der Waals surface area contributed by atoms with E-state index in [0.717, 1.165) is 4.88 Å². The summed E-state index contributed by atoms with van der Waals surface area (Å²) in [6.45, 7) is 0.484. The number of nitrogens with one attached hydrogen (secondary N) is 3. The van der Waals surface area contributed by atoms with Crippen molar-refractivity contribution >= 4 is 27.8 Å². The molecule has 0 bridgehead atoms. The summed E-state index contributed by atoms with van der Waals surface area (Å²) in [5.74, 6) is 0. The summed E-state index contributed by atoms with van der Waals surface area (Å²) in [6, 6.07) is 10.8. The van der Waals surface area contributed by atoms with E-state index in [1.165, 1.54) is 11.3 Å². The molecule has 0 unspecified atom stereocenters. The Morgan fingerprint density at radius 2 is 1.95 bits per heavy atom. The van der Waals surface area contributed by atoms with Crippen LogP contribution in [0.5, 0.6) is 0 Å². The fraction of sp³-hybridized carbons (Fsp3) is 0.0714. The van der Waals surface area contributed by atoms with Crippen molar-refractivity contribution < 1.29 is 0 Å². The van der Waals surface area contributed by atoms with Gasteiger partial charge in [0.15, 0.2) is 0 Å². The third-order valence-corrected chi connectivity index (χ3v) is 4.04. The monoisotopic (exact) mass is 298 g/mol. The van der Waals surface area contributed by atoms with Gasteiger partial charge in [0.25, 0.3) is 11.1 Å². The zero-order chi connectivity index (χ0) is 14.8. The van der Waals surface area contributed by atoms with Gasteiger partial charge in [0.2, 0.25) is 0 Å². The first kappa shape index (κ1) is 13.1. The molecule has 0 aliphatic carbocycles. The van der Waals surface area contributed by atoms with Gasteiger partial charge in [-0.3, -0.25) is 19.8 Å². The third-order valence-electron chi connectivity index (χ3n) is 3.05. The van der Waals surface area contributed by atoms with E-state index in [0.29, 0.717) is 27.9 Å². The number of nitriles is 1. The Balaban J connectivity index is 1.98. The predicted octanol–water partition coefficient (Wildman–Crippen LogP) is 1.76. The van der Waals surface area contributed by atoms with Crippen LogP contribution >= 0.6 is 11.3 Å². The van der Waals surface area contributed by atoms with Crippen molar-refractivity contribution in [2.45, 2.75) is 6.54 Å². The van der Waals surface area contributed by atoms with Gasteiger partial charge in [-0.05, 0) is 24.3 Å². The van der Waals surface area contributed by atoms with Crippen LogP contribution in [0.1, 0.15) is 9.75 Å². The first-order valence-corrected chi connectivity index (χ1v) is 6.97. The molecule has 0 fully saturated rings. The second-order valence-electron chi connectivity index (χ2n) is 4.37. The lowest BCUT2D eigenvalue weighted by Crippen LogP contribution is -2.20. The van der Waals surface area contributed by atoms with E-state index >= 15 is 0 Å². The van der Waals surface area contributed by atoms with Crippen LogP contribution in [0, 0.1) is 11.3 Å². The fourth-order valence-corrected chi connectivity index (χ4v) is 2.84. The summed E-state index contributed by atoms with van der Waals surface area (Å²) >= 11 is 1.39. The number of rotatable bonds is 3. The molecule has 1 aromatic carbocycles. The standard InChI is InChI=1S/C14H10N4O2S/c15-6-8-4-5-9(21-8)7-16-11-3-1-2-10-12(11)14(20)18-17-13(10)19/h1-5,16H,7H2,(H,17,19)(H,18,20). The lowest BCUT2D eigenvalue weighted by Gasteiger charge is -2.07. The zero-order valence-electron chi connectivity index (χ0n) is 10.8. The normalized spacial score (nSPS) is 10.4. The van der Waals surface area contributed by atoms with Gasteiger partial charge in [0, 0.05) is 17.1 Å². The molecule has 0 amide bonds. The van der Waals surface area contributed by atoms with Gasteiger partial charge in [0.1, 0.15) is 10.9 Å². The Morgan fingerprint density at radius 3 is 2.71 bits per heavy atom. The van der Waals surface area contributed by atoms with Gasteiger partial charge >= 0.3 is 0 Å². The number of hydrogen-bond acceptors (Lipinski definition) is 5. The maximum absolute atomic E-state index is 11.9. The number of fused-ring (bicyclic) bond motifs is 1. The number of anilines is 1.